The number of benzene rings is 1. The Bertz CT molecular complexity index is 445. The first-order valence-electron chi connectivity index (χ1n) is 7.09. The van der Waals surface area contributed by atoms with Gasteiger partial charge in [0, 0.05) is 18.8 Å². The summed E-state index contributed by atoms with van der Waals surface area (Å²) in [7, 11) is 0. The van der Waals surface area contributed by atoms with Crippen LogP contribution in [0.25, 0.3) is 0 Å². The average Bonchev–Trinajstić information content (AvgIpc) is 2.38. The fourth-order valence-corrected chi connectivity index (χ4v) is 2.98. The van der Waals surface area contributed by atoms with E-state index in [4.69, 9.17) is 5.73 Å². The van der Waals surface area contributed by atoms with Gasteiger partial charge in [-0.1, -0.05) is 12.1 Å². The molecular formula is C15H21N3O. The van der Waals surface area contributed by atoms with Crippen LogP contribution >= 0.6 is 0 Å². The van der Waals surface area contributed by atoms with E-state index < -0.39 is 0 Å². The van der Waals surface area contributed by atoms with Gasteiger partial charge in [0.2, 0.25) is 5.91 Å². The smallest absolute Gasteiger partial charge is 0.224 e. The van der Waals surface area contributed by atoms with Crippen LogP contribution in [0.5, 0.6) is 0 Å². The highest BCUT2D eigenvalue weighted by molar-refractivity contribution is 5.80. The van der Waals surface area contributed by atoms with Gasteiger partial charge in [0.25, 0.3) is 0 Å². The fourth-order valence-electron chi connectivity index (χ4n) is 2.98. The third-order valence-electron chi connectivity index (χ3n) is 4.35. The molecule has 1 amide bonds. The Morgan fingerprint density at radius 1 is 1.16 bits per heavy atom. The lowest BCUT2D eigenvalue weighted by atomic mass is 9.90. The maximum absolute atomic E-state index is 11.0. The molecule has 0 bridgehead atoms. The minimum Gasteiger partial charge on any atom is -0.370 e. The first-order chi connectivity index (χ1) is 9.24. The molecule has 3 N–H and O–H groups in total. The molecule has 0 aliphatic carbocycles. The molecule has 2 fully saturated rings. The van der Waals surface area contributed by atoms with Gasteiger partial charge in [-0.05, 0) is 49.5 Å². The van der Waals surface area contributed by atoms with E-state index in [0.29, 0.717) is 5.92 Å². The standard InChI is InChI=1S/C15H21N3O/c16-15(19)13-9-18(10-13)14-3-1-11(2-4-14)12-5-7-17-8-6-12/h1-4,12-13,17H,5-10H2,(H2,16,19). The molecule has 2 aliphatic rings. The van der Waals surface area contributed by atoms with E-state index in [0.717, 1.165) is 26.2 Å². The average molecular weight is 259 g/mol. The van der Waals surface area contributed by atoms with Crippen molar-refractivity contribution < 1.29 is 4.79 Å². The normalized spacial score (nSPS) is 21.2. The minimum absolute atomic E-state index is 0.0316. The van der Waals surface area contributed by atoms with E-state index in [1.54, 1.807) is 0 Å². The van der Waals surface area contributed by atoms with E-state index in [2.05, 4.69) is 34.5 Å². The molecular weight excluding hydrogens is 238 g/mol. The van der Waals surface area contributed by atoms with Crippen molar-refractivity contribution in [2.75, 3.05) is 31.1 Å². The Morgan fingerprint density at radius 2 is 1.79 bits per heavy atom. The summed E-state index contributed by atoms with van der Waals surface area (Å²) in [6, 6.07) is 8.83. The summed E-state index contributed by atoms with van der Waals surface area (Å²) >= 11 is 0. The third-order valence-corrected chi connectivity index (χ3v) is 4.35. The second-order valence-corrected chi connectivity index (χ2v) is 5.62. The Hall–Kier alpha value is -1.55. The molecule has 102 valence electrons. The second kappa shape index (κ2) is 5.21. The molecule has 0 radical (unpaired) electrons. The van der Waals surface area contributed by atoms with Crippen molar-refractivity contribution in [3.05, 3.63) is 29.8 Å². The number of primary amides is 1. The summed E-state index contributed by atoms with van der Waals surface area (Å²) in [6.45, 7) is 3.78. The van der Waals surface area contributed by atoms with Gasteiger partial charge in [0.15, 0.2) is 0 Å². The van der Waals surface area contributed by atoms with Gasteiger partial charge in [-0.3, -0.25) is 4.79 Å². The zero-order valence-electron chi connectivity index (χ0n) is 11.1. The lowest BCUT2D eigenvalue weighted by Gasteiger charge is -2.39. The van der Waals surface area contributed by atoms with Gasteiger partial charge in [0.05, 0.1) is 5.92 Å². The summed E-state index contributed by atoms with van der Waals surface area (Å²) in [5.74, 6) is 0.553. The number of nitrogens with one attached hydrogen (secondary N) is 1. The number of hydrogen-bond donors (Lipinski definition) is 2. The number of anilines is 1. The number of carbonyl (C=O) groups is 1. The van der Waals surface area contributed by atoms with Gasteiger partial charge in [-0.15, -0.1) is 0 Å². The largest absolute Gasteiger partial charge is 0.370 e. The zero-order valence-corrected chi connectivity index (χ0v) is 11.1. The Balaban J connectivity index is 1.61. The molecule has 2 saturated heterocycles. The van der Waals surface area contributed by atoms with Gasteiger partial charge >= 0.3 is 0 Å². The van der Waals surface area contributed by atoms with Crippen LogP contribution in [0.2, 0.25) is 0 Å². The molecule has 0 atom stereocenters. The quantitative estimate of drug-likeness (QED) is 0.854. The monoisotopic (exact) mass is 259 g/mol. The zero-order chi connectivity index (χ0) is 13.2. The summed E-state index contributed by atoms with van der Waals surface area (Å²) in [5.41, 5.74) is 7.93. The Labute approximate surface area is 114 Å². The number of nitrogens with zero attached hydrogens (tertiary/aromatic N) is 1. The minimum atomic E-state index is -0.178. The van der Waals surface area contributed by atoms with E-state index in [9.17, 15) is 4.79 Å². The number of nitrogens with two attached hydrogens (primary N) is 1. The van der Waals surface area contributed by atoms with Crippen LogP contribution in [0, 0.1) is 5.92 Å². The van der Waals surface area contributed by atoms with Crippen LogP contribution in [-0.2, 0) is 4.79 Å². The van der Waals surface area contributed by atoms with Crippen LogP contribution in [0.15, 0.2) is 24.3 Å². The van der Waals surface area contributed by atoms with Crippen molar-refractivity contribution in [2.45, 2.75) is 18.8 Å². The predicted molar refractivity (Wildman–Crippen MR) is 76.2 cm³/mol. The van der Waals surface area contributed by atoms with Crippen LogP contribution < -0.4 is 16.0 Å². The molecule has 0 unspecified atom stereocenters. The topological polar surface area (TPSA) is 58.4 Å². The highest BCUT2D eigenvalue weighted by Gasteiger charge is 2.31. The van der Waals surface area contributed by atoms with Gasteiger partial charge in [-0.25, -0.2) is 0 Å². The summed E-state index contributed by atoms with van der Waals surface area (Å²) in [6.07, 6.45) is 2.46. The number of hydrogen-bond acceptors (Lipinski definition) is 3. The summed E-state index contributed by atoms with van der Waals surface area (Å²) in [4.78, 5) is 13.2. The van der Waals surface area contributed by atoms with Crippen molar-refractivity contribution in [3.63, 3.8) is 0 Å². The van der Waals surface area contributed by atoms with Crippen molar-refractivity contribution in [1.82, 2.24) is 5.32 Å². The van der Waals surface area contributed by atoms with Crippen molar-refractivity contribution in [1.29, 1.82) is 0 Å². The van der Waals surface area contributed by atoms with Crippen LogP contribution in [-0.4, -0.2) is 32.1 Å². The molecule has 1 aromatic carbocycles. The molecule has 2 heterocycles. The first kappa shape index (κ1) is 12.5. The first-order valence-corrected chi connectivity index (χ1v) is 7.09. The van der Waals surface area contributed by atoms with E-state index in [1.165, 1.54) is 24.1 Å². The van der Waals surface area contributed by atoms with Crippen LogP contribution in [0.3, 0.4) is 0 Å². The lowest BCUT2D eigenvalue weighted by Crippen LogP contribution is -2.52. The molecule has 0 aromatic heterocycles. The molecule has 4 heteroatoms. The third kappa shape index (κ3) is 2.59. The SMILES string of the molecule is NC(=O)C1CN(c2ccc(C3CCNCC3)cc2)C1. The van der Waals surface area contributed by atoms with E-state index >= 15 is 0 Å². The molecule has 4 nitrogen and oxygen atoms in total. The van der Waals surface area contributed by atoms with Gasteiger partial charge < -0.3 is 16.0 Å². The highest BCUT2D eigenvalue weighted by atomic mass is 16.1. The van der Waals surface area contributed by atoms with Crippen molar-refractivity contribution in [2.24, 2.45) is 11.7 Å². The van der Waals surface area contributed by atoms with Gasteiger partial charge in [0.1, 0.15) is 0 Å². The molecule has 1 aromatic rings. The maximum Gasteiger partial charge on any atom is 0.224 e. The van der Waals surface area contributed by atoms with Gasteiger partial charge in [-0.2, -0.15) is 0 Å². The number of rotatable bonds is 3. The molecule has 0 saturated carbocycles. The molecule has 0 spiro atoms. The maximum atomic E-state index is 11.0. The Morgan fingerprint density at radius 3 is 2.37 bits per heavy atom. The molecule has 3 rings (SSSR count). The number of carbonyl (C=O) groups excluding carboxylic acids is 1. The summed E-state index contributed by atoms with van der Waals surface area (Å²) in [5, 5.41) is 3.40. The van der Waals surface area contributed by atoms with Crippen molar-refractivity contribution >= 4 is 11.6 Å². The van der Waals surface area contributed by atoms with Crippen LogP contribution in [0.1, 0.15) is 24.3 Å². The lowest BCUT2D eigenvalue weighted by molar-refractivity contribution is -0.122. The second-order valence-electron chi connectivity index (χ2n) is 5.62. The van der Waals surface area contributed by atoms with Crippen molar-refractivity contribution in [3.8, 4) is 0 Å². The number of amides is 1. The summed E-state index contributed by atoms with van der Waals surface area (Å²) < 4.78 is 0. The molecule has 19 heavy (non-hydrogen) atoms. The van der Waals surface area contributed by atoms with E-state index in [-0.39, 0.29) is 11.8 Å². The number of piperidine rings is 1. The van der Waals surface area contributed by atoms with Crippen LogP contribution in [0.4, 0.5) is 5.69 Å². The fraction of sp³-hybridized carbons (Fsp3) is 0.533. The molecule has 2 aliphatic heterocycles. The Kier molecular flexibility index (Phi) is 3.42. The highest BCUT2D eigenvalue weighted by Crippen LogP contribution is 2.29. The van der Waals surface area contributed by atoms with E-state index in [1.807, 2.05) is 0 Å². The predicted octanol–water partition coefficient (Wildman–Crippen LogP) is 1.08.